The number of rotatable bonds is 4. The van der Waals surface area contributed by atoms with Crippen molar-refractivity contribution in [2.24, 2.45) is 12.2 Å². The maximum absolute atomic E-state index is 12.3. The third kappa shape index (κ3) is 3.29. The molecule has 0 saturated heterocycles. The lowest BCUT2D eigenvalue weighted by Gasteiger charge is -2.07. The second-order valence-corrected chi connectivity index (χ2v) is 6.06. The predicted molar refractivity (Wildman–Crippen MR) is 78.4 cm³/mol. The number of primary sulfonamides is 1. The van der Waals surface area contributed by atoms with Gasteiger partial charge < -0.3 is 5.32 Å². The van der Waals surface area contributed by atoms with Crippen molar-refractivity contribution < 1.29 is 13.2 Å². The first kappa shape index (κ1) is 15.2. The molecule has 1 aromatic heterocycles. The van der Waals surface area contributed by atoms with Gasteiger partial charge in [-0.15, -0.1) is 0 Å². The molecule has 21 heavy (non-hydrogen) atoms. The van der Waals surface area contributed by atoms with Crippen molar-refractivity contribution in [3.63, 3.8) is 0 Å². The Kier molecular flexibility index (Phi) is 4.10. The molecule has 2 rings (SSSR count). The zero-order valence-electron chi connectivity index (χ0n) is 11.7. The van der Waals surface area contributed by atoms with E-state index >= 15 is 0 Å². The fraction of sp³-hybridized carbons (Fsp3) is 0.231. The van der Waals surface area contributed by atoms with E-state index in [1.54, 1.807) is 19.2 Å². The summed E-state index contributed by atoms with van der Waals surface area (Å²) >= 11 is 0. The summed E-state index contributed by atoms with van der Waals surface area (Å²) in [7, 11) is -2.41. The van der Waals surface area contributed by atoms with Crippen molar-refractivity contribution in [1.82, 2.24) is 9.78 Å². The molecule has 1 aromatic carbocycles. The number of hydrogen-bond acceptors (Lipinski definition) is 4. The maximum atomic E-state index is 12.3. The largest absolute Gasteiger partial charge is 0.304 e. The third-order valence-electron chi connectivity index (χ3n) is 2.98. The van der Waals surface area contributed by atoms with E-state index in [1.807, 2.05) is 19.1 Å². The van der Waals surface area contributed by atoms with Crippen LogP contribution >= 0.6 is 0 Å². The molecule has 0 fully saturated rings. The number of nitrogens with one attached hydrogen (secondary N) is 1. The lowest BCUT2D eigenvalue weighted by molar-refractivity contribution is 0.102. The zero-order valence-corrected chi connectivity index (χ0v) is 12.5. The molecule has 0 atom stereocenters. The number of nitrogens with zero attached hydrogens (tertiary/aromatic N) is 2. The second kappa shape index (κ2) is 5.66. The standard InChI is InChI=1S/C13H16N4O3S/c1-3-9-6-4-5-7-10(9)13(18)15-12-11(21(14,19)20)8-17(2)16-12/h4-8H,3H2,1-2H3,(H2,14,19,20)(H,15,16,18). The van der Waals surface area contributed by atoms with Crippen molar-refractivity contribution in [2.45, 2.75) is 18.2 Å². The van der Waals surface area contributed by atoms with Gasteiger partial charge in [0.05, 0.1) is 0 Å². The van der Waals surface area contributed by atoms with E-state index in [2.05, 4.69) is 10.4 Å². The molecule has 0 unspecified atom stereocenters. The van der Waals surface area contributed by atoms with E-state index in [0.29, 0.717) is 12.0 Å². The van der Waals surface area contributed by atoms with Crippen LogP contribution in [0.15, 0.2) is 35.4 Å². The van der Waals surface area contributed by atoms with E-state index in [9.17, 15) is 13.2 Å². The van der Waals surface area contributed by atoms with Crippen molar-refractivity contribution in [1.29, 1.82) is 0 Å². The molecule has 0 aliphatic heterocycles. The number of carbonyl (C=O) groups is 1. The lowest BCUT2D eigenvalue weighted by Crippen LogP contribution is -2.18. The Labute approximate surface area is 122 Å². The van der Waals surface area contributed by atoms with Gasteiger partial charge in [0.25, 0.3) is 5.91 Å². The quantitative estimate of drug-likeness (QED) is 0.874. The number of aromatic nitrogens is 2. The van der Waals surface area contributed by atoms with Crippen LogP contribution in [-0.4, -0.2) is 24.1 Å². The van der Waals surface area contributed by atoms with Crippen LogP contribution in [0.5, 0.6) is 0 Å². The highest BCUT2D eigenvalue weighted by molar-refractivity contribution is 7.89. The van der Waals surface area contributed by atoms with Crippen molar-refractivity contribution in [2.75, 3.05) is 5.32 Å². The van der Waals surface area contributed by atoms with Crippen molar-refractivity contribution in [3.8, 4) is 0 Å². The zero-order chi connectivity index (χ0) is 15.6. The molecule has 0 aliphatic carbocycles. The molecule has 1 amide bonds. The predicted octanol–water partition coefficient (Wildman–Crippen LogP) is 0.882. The SMILES string of the molecule is CCc1ccccc1C(=O)Nc1nn(C)cc1S(N)(=O)=O. The average Bonchev–Trinajstić information content (AvgIpc) is 2.79. The summed E-state index contributed by atoms with van der Waals surface area (Å²) in [6.07, 6.45) is 1.94. The van der Waals surface area contributed by atoms with Gasteiger partial charge in [0, 0.05) is 18.8 Å². The van der Waals surface area contributed by atoms with E-state index in [0.717, 1.165) is 5.56 Å². The summed E-state index contributed by atoms with van der Waals surface area (Å²) in [5.41, 5.74) is 1.34. The normalized spacial score (nSPS) is 11.4. The molecular formula is C13H16N4O3S. The number of nitrogens with two attached hydrogens (primary N) is 1. The van der Waals surface area contributed by atoms with E-state index in [1.165, 1.54) is 10.9 Å². The van der Waals surface area contributed by atoms with Gasteiger partial charge in [0.15, 0.2) is 5.82 Å². The minimum absolute atomic E-state index is 0.0732. The van der Waals surface area contributed by atoms with Crippen LogP contribution in [0, 0.1) is 0 Å². The van der Waals surface area contributed by atoms with Crippen LogP contribution in [-0.2, 0) is 23.5 Å². The molecule has 0 spiro atoms. The number of hydrogen-bond donors (Lipinski definition) is 2. The Morgan fingerprint density at radius 1 is 1.38 bits per heavy atom. The van der Waals surface area contributed by atoms with Crippen LogP contribution < -0.4 is 10.5 Å². The summed E-state index contributed by atoms with van der Waals surface area (Å²) in [6, 6.07) is 7.10. The Morgan fingerprint density at radius 3 is 2.67 bits per heavy atom. The molecular weight excluding hydrogens is 292 g/mol. The molecule has 0 saturated carbocycles. The summed E-state index contributed by atoms with van der Waals surface area (Å²) < 4.78 is 24.2. The number of amides is 1. The molecule has 7 nitrogen and oxygen atoms in total. The number of carbonyl (C=O) groups excluding carboxylic acids is 1. The second-order valence-electron chi connectivity index (χ2n) is 4.53. The highest BCUT2D eigenvalue weighted by Gasteiger charge is 2.21. The Bertz CT molecular complexity index is 780. The van der Waals surface area contributed by atoms with Crippen LogP contribution in [0.3, 0.4) is 0 Å². The van der Waals surface area contributed by atoms with Gasteiger partial charge in [-0.3, -0.25) is 9.48 Å². The Hall–Kier alpha value is -2.19. The topological polar surface area (TPSA) is 107 Å². The van der Waals surface area contributed by atoms with Crippen molar-refractivity contribution in [3.05, 3.63) is 41.6 Å². The van der Waals surface area contributed by atoms with E-state index < -0.39 is 15.9 Å². The van der Waals surface area contributed by atoms with Crippen LogP contribution in [0.2, 0.25) is 0 Å². The Balaban J connectivity index is 2.37. The summed E-state index contributed by atoms with van der Waals surface area (Å²) in [6.45, 7) is 1.93. The monoisotopic (exact) mass is 308 g/mol. The fourth-order valence-electron chi connectivity index (χ4n) is 1.99. The van der Waals surface area contributed by atoms with Gasteiger partial charge in [-0.2, -0.15) is 5.10 Å². The molecule has 0 radical (unpaired) electrons. The maximum Gasteiger partial charge on any atom is 0.257 e. The van der Waals surface area contributed by atoms with Gasteiger partial charge in [-0.05, 0) is 18.1 Å². The Morgan fingerprint density at radius 2 is 2.05 bits per heavy atom. The van der Waals surface area contributed by atoms with Crippen LogP contribution in [0.1, 0.15) is 22.8 Å². The summed E-state index contributed by atoms with van der Waals surface area (Å²) in [4.78, 5) is 12.1. The average molecular weight is 308 g/mol. The summed E-state index contributed by atoms with van der Waals surface area (Å²) in [5.74, 6) is -0.494. The fourth-order valence-corrected chi connectivity index (χ4v) is 2.65. The number of aryl methyl sites for hydroxylation is 2. The molecule has 0 aliphatic rings. The molecule has 112 valence electrons. The first-order valence-electron chi connectivity index (χ1n) is 6.28. The molecule has 0 bridgehead atoms. The smallest absolute Gasteiger partial charge is 0.257 e. The molecule has 8 heteroatoms. The molecule has 1 heterocycles. The summed E-state index contributed by atoms with van der Waals surface area (Å²) in [5, 5.41) is 11.5. The van der Waals surface area contributed by atoms with Crippen molar-refractivity contribution >= 4 is 21.7 Å². The van der Waals surface area contributed by atoms with Gasteiger partial charge in [-0.1, -0.05) is 25.1 Å². The van der Waals surface area contributed by atoms with E-state index in [4.69, 9.17) is 5.14 Å². The van der Waals surface area contributed by atoms with Crippen LogP contribution in [0.4, 0.5) is 5.82 Å². The number of benzene rings is 1. The van der Waals surface area contributed by atoms with Crippen LogP contribution in [0.25, 0.3) is 0 Å². The van der Waals surface area contributed by atoms with Gasteiger partial charge in [0.2, 0.25) is 10.0 Å². The van der Waals surface area contributed by atoms with Gasteiger partial charge in [0.1, 0.15) is 4.90 Å². The minimum Gasteiger partial charge on any atom is -0.304 e. The van der Waals surface area contributed by atoms with Gasteiger partial charge in [-0.25, -0.2) is 13.6 Å². The van der Waals surface area contributed by atoms with Gasteiger partial charge >= 0.3 is 0 Å². The number of anilines is 1. The third-order valence-corrected chi connectivity index (χ3v) is 3.89. The highest BCUT2D eigenvalue weighted by Crippen LogP contribution is 2.19. The lowest BCUT2D eigenvalue weighted by atomic mass is 10.0. The molecule has 2 aromatic rings. The highest BCUT2D eigenvalue weighted by atomic mass is 32.2. The molecule has 3 N–H and O–H groups in total. The minimum atomic E-state index is -3.95. The first-order valence-corrected chi connectivity index (χ1v) is 7.83. The van der Waals surface area contributed by atoms with E-state index in [-0.39, 0.29) is 10.7 Å². The first-order chi connectivity index (χ1) is 9.82. The number of sulfonamides is 1.